The number of esters is 1. The molecule has 8 nitrogen and oxygen atoms in total. The highest BCUT2D eigenvalue weighted by atomic mass is 16.5. The summed E-state index contributed by atoms with van der Waals surface area (Å²) in [5.41, 5.74) is 3.49. The molecule has 3 heterocycles. The molecule has 1 amide bonds. The quantitative estimate of drug-likeness (QED) is 0.414. The summed E-state index contributed by atoms with van der Waals surface area (Å²) in [6.45, 7) is 2.18. The minimum absolute atomic E-state index is 0.231. The number of fused-ring (bicyclic) bond motifs is 1. The molecule has 2 aromatic carbocycles. The second-order valence-corrected chi connectivity index (χ2v) is 8.02. The summed E-state index contributed by atoms with van der Waals surface area (Å²) in [6.07, 6.45) is 1.63. The van der Waals surface area contributed by atoms with Crippen LogP contribution in [0, 0.1) is 0 Å². The first-order chi connectivity index (χ1) is 16.7. The maximum absolute atomic E-state index is 13.1. The van der Waals surface area contributed by atoms with Crippen molar-refractivity contribution in [3.8, 4) is 11.3 Å². The van der Waals surface area contributed by atoms with Crippen LogP contribution in [0.3, 0.4) is 0 Å². The molecule has 1 aliphatic rings. The fraction of sp³-hybridized carbons (Fsp3) is 0.231. The fourth-order valence-electron chi connectivity index (χ4n) is 3.95. The van der Waals surface area contributed by atoms with E-state index in [2.05, 4.69) is 5.10 Å². The Balaban J connectivity index is 1.47. The fourth-order valence-corrected chi connectivity index (χ4v) is 3.95. The lowest BCUT2D eigenvalue weighted by Gasteiger charge is -2.26. The maximum atomic E-state index is 13.1. The summed E-state index contributed by atoms with van der Waals surface area (Å²) in [5, 5.41) is 5.08. The van der Waals surface area contributed by atoms with Crippen LogP contribution in [0.25, 0.3) is 22.3 Å². The number of ether oxygens (including phenoxy) is 2. The first kappa shape index (κ1) is 21.8. The highest BCUT2D eigenvalue weighted by Crippen LogP contribution is 2.26. The minimum atomic E-state index is -0.578. The number of amides is 1. The monoisotopic (exact) mass is 456 g/mol. The summed E-state index contributed by atoms with van der Waals surface area (Å²) in [6, 6.07) is 21.3. The van der Waals surface area contributed by atoms with Gasteiger partial charge in [0.2, 0.25) is 0 Å². The van der Waals surface area contributed by atoms with Gasteiger partial charge in [0.15, 0.2) is 12.3 Å². The molecule has 2 aromatic heterocycles. The summed E-state index contributed by atoms with van der Waals surface area (Å²) in [5.74, 6) is -0.810. The van der Waals surface area contributed by atoms with E-state index in [0.717, 1.165) is 11.1 Å². The molecule has 0 radical (unpaired) electrons. The summed E-state index contributed by atoms with van der Waals surface area (Å²) >= 11 is 0. The number of hydrogen-bond acceptors (Lipinski definition) is 6. The number of benzene rings is 2. The van der Waals surface area contributed by atoms with E-state index < -0.39 is 5.97 Å². The highest BCUT2D eigenvalue weighted by molar-refractivity contribution is 6.04. The van der Waals surface area contributed by atoms with Gasteiger partial charge in [-0.15, -0.1) is 0 Å². The zero-order chi connectivity index (χ0) is 23.3. The third-order valence-corrected chi connectivity index (χ3v) is 5.76. The van der Waals surface area contributed by atoms with Crippen LogP contribution in [0.2, 0.25) is 0 Å². The van der Waals surface area contributed by atoms with E-state index in [1.54, 1.807) is 21.8 Å². The van der Waals surface area contributed by atoms with Gasteiger partial charge in [-0.1, -0.05) is 60.7 Å². The number of carbonyl (C=O) groups is 2. The number of aromatic nitrogens is 3. The van der Waals surface area contributed by atoms with Crippen molar-refractivity contribution in [1.82, 2.24) is 19.7 Å². The Hall–Kier alpha value is -4.04. The van der Waals surface area contributed by atoms with Gasteiger partial charge in [-0.05, 0) is 11.6 Å². The van der Waals surface area contributed by atoms with Gasteiger partial charge in [-0.3, -0.25) is 4.79 Å². The van der Waals surface area contributed by atoms with E-state index in [0.29, 0.717) is 55.1 Å². The molecule has 8 heteroatoms. The average Bonchev–Trinajstić information content (AvgIpc) is 3.30. The van der Waals surface area contributed by atoms with Crippen LogP contribution in [-0.2, 0) is 20.8 Å². The number of morpholine rings is 1. The van der Waals surface area contributed by atoms with Gasteiger partial charge in [-0.2, -0.15) is 5.10 Å². The SMILES string of the molecule is O=C(OCC(=O)N1CCOCC1)c1cc(-c2ccccc2)nc2c1cnn2Cc1ccccc1. The molecule has 172 valence electrons. The first-order valence-corrected chi connectivity index (χ1v) is 11.2. The molecule has 34 heavy (non-hydrogen) atoms. The van der Waals surface area contributed by atoms with Crippen molar-refractivity contribution < 1.29 is 19.1 Å². The topological polar surface area (TPSA) is 86.6 Å². The Morgan fingerprint density at radius 2 is 1.68 bits per heavy atom. The normalized spacial score (nSPS) is 13.7. The van der Waals surface area contributed by atoms with Crippen molar-refractivity contribution in [2.75, 3.05) is 32.9 Å². The molecule has 0 saturated carbocycles. The van der Waals surface area contributed by atoms with Crippen LogP contribution in [0.15, 0.2) is 72.9 Å². The Bertz CT molecular complexity index is 1300. The smallest absolute Gasteiger partial charge is 0.339 e. The average molecular weight is 457 g/mol. The van der Waals surface area contributed by atoms with E-state index in [1.807, 2.05) is 60.7 Å². The number of pyridine rings is 1. The second-order valence-electron chi connectivity index (χ2n) is 8.02. The molecule has 0 spiro atoms. The van der Waals surface area contributed by atoms with Crippen molar-refractivity contribution in [2.24, 2.45) is 0 Å². The number of nitrogens with zero attached hydrogens (tertiary/aromatic N) is 4. The van der Waals surface area contributed by atoms with E-state index in [-0.39, 0.29) is 12.5 Å². The standard InChI is InChI=1S/C26H24N4O4/c31-24(29-11-13-33-14-12-29)18-34-26(32)21-15-23(20-9-5-2-6-10-20)28-25-22(21)16-27-30(25)17-19-7-3-1-4-8-19/h1-10,15-16H,11-14,17-18H2. The van der Waals surface area contributed by atoms with E-state index in [9.17, 15) is 9.59 Å². The Morgan fingerprint density at radius 1 is 0.971 bits per heavy atom. The molecule has 0 unspecified atom stereocenters. The lowest BCUT2D eigenvalue weighted by atomic mass is 10.1. The van der Waals surface area contributed by atoms with Crippen molar-refractivity contribution >= 4 is 22.9 Å². The van der Waals surface area contributed by atoms with E-state index in [1.165, 1.54) is 0 Å². The number of rotatable bonds is 6. The summed E-state index contributed by atoms with van der Waals surface area (Å²) in [4.78, 5) is 32.0. The van der Waals surface area contributed by atoms with Crippen LogP contribution >= 0.6 is 0 Å². The van der Waals surface area contributed by atoms with E-state index >= 15 is 0 Å². The maximum Gasteiger partial charge on any atom is 0.339 e. The van der Waals surface area contributed by atoms with E-state index in [4.69, 9.17) is 14.5 Å². The second kappa shape index (κ2) is 9.84. The molecule has 0 N–H and O–H groups in total. The third kappa shape index (κ3) is 4.67. The molecular weight excluding hydrogens is 432 g/mol. The van der Waals surface area contributed by atoms with Crippen molar-refractivity contribution in [3.05, 3.63) is 84.1 Å². The lowest BCUT2D eigenvalue weighted by molar-refractivity contribution is -0.138. The Kier molecular flexibility index (Phi) is 6.31. The molecule has 0 atom stereocenters. The van der Waals surface area contributed by atoms with Gasteiger partial charge in [0.1, 0.15) is 0 Å². The van der Waals surface area contributed by atoms with Crippen molar-refractivity contribution in [1.29, 1.82) is 0 Å². The van der Waals surface area contributed by atoms with Crippen LogP contribution in [-0.4, -0.2) is 64.5 Å². The van der Waals surface area contributed by atoms with Crippen molar-refractivity contribution in [2.45, 2.75) is 6.54 Å². The lowest BCUT2D eigenvalue weighted by Crippen LogP contribution is -2.42. The van der Waals surface area contributed by atoms with Crippen LogP contribution in [0.4, 0.5) is 0 Å². The molecule has 1 aliphatic heterocycles. The predicted molar refractivity (Wildman–Crippen MR) is 126 cm³/mol. The largest absolute Gasteiger partial charge is 0.452 e. The molecule has 0 bridgehead atoms. The zero-order valence-electron chi connectivity index (χ0n) is 18.6. The van der Waals surface area contributed by atoms with Gasteiger partial charge in [-0.25, -0.2) is 14.5 Å². The van der Waals surface area contributed by atoms with Gasteiger partial charge in [0, 0.05) is 18.7 Å². The molecule has 1 saturated heterocycles. The first-order valence-electron chi connectivity index (χ1n) is 11.2. The predicted octanol–water partition coefficient (Wildman–Crippen LogP) is 3.16. The van der Waals surface area contributed by atoms with Gasteiger partial charge < -0.3 is 14.4 Å². The highest BCUT2D eigenvalue weighted by Gasteiger charge is 2.22. The van der Waals surface area contributed by atoms with Gasteiger partial charge in [0.25, 0.3) is 5.91 Å². The van der Waals surface area contributed by atoms with Gasteiger partial charge >= 0.3 is 5.97 Å². The number of carbonyl (C=O) groups excluding carboxylic acids is 2. The number of hydrogen-bond donors (Lipinski definition) is 0. The van der Waals surface area contributed by atoms with Crippen molar-refractivity contribution in [3.63, 3.8) is 0 Å². The van der Waals surface area contributed by atoms with Crippen LogP contribution in [0.5, 0.6) is 0 Å². The van der Waals surface area contributed by atoms with Crippen LogP contribution < -0.4 is 0 Å². The molecular formula is C26H24N4O4. The summed E-state index contributed by atoms with van der Waals surface area (Å²) < 4.78 is 12.5. The Morgan fingerprint density at radius 3 is 2.41 bits per heavy atom. The molecule has 1 fully saturated rings. The minimum Gasteiger partial charge on any atom is -0.452 e. The van der Waals surface area contributed by atoms with Crippen LogP contribution in [0.1, 0.15) is 15.9 Å². The third-order valence-electron chi connectivity index (χ3n) is 5.76. The Labute approximate surface area is 196 Å². The van der Waals surface area contributed by atoms with Gasteiger partial charge in [0.05, 0.1) is 42.6 Å². The molecule has 4 aromatic rings. The molecule has 5 rings (SSSR count). The summed E-state index contributed by atoms with van der Waals surface area (Å²) in [7, 11) is 0. The molecule has 0 aliphatic carbocycles. The zero-order valence-corrected chi connectivity index (χ0v) is 18.6.